The summed E-state index contributed by atoms with van der Waals surface area (Å²) in [5.41, 5.74) is 9.56. The highest BCUT2D eigenvalue weighted by atomic mass is 16.5. The minimum Gasteiger partial charge on any atom is -0.462 e. The van der Waals surface area contributed by atoms with Crippen molar-refractivity contribution in [2.24, 2.45) is 11.7 Å². The van der Waals surface area contributed by atoms with Gasteiger partial charge in [-0.1, -0.05) is 0 Å². The summed E-state index contributed by atoms with van der Waals surface area (Å²) in [6, 6.07) is 5.76. The molecule has 0 saturated heterocycles. The van der Waals surface area contributed by atoms with Crippen molar-refractivity contribution in [3.63, 3.8) is 0 Å². The van der Waals surface area contributed by atoms with E-state index in [4.69, 9.17) is 10.5 Å². The van der Waals surface area contributed by atoms with E-state index in [1.165, 1.54) is 12.8 Å². The Balaban J connectivity index is 1.91. The Hall–Kier alpha value is -2.14. The highest BCUT2D eigenvalue weighted by Gasteiger charge is 2.30. The van der Waals surface area contributed by atoms with Gasteiger partial charge in [0.05, 0.1) is 12.2 Å². The lowest BCUT2D eigenvalue weighted by molar-refractivity contribution is 0.0525. The van der Waals surface area contributed by atoms with Crippen molar-refractivity contribution < 1.29 is 9.53 Å². The summed E-state index contributed by atoms with van der Waals surface area (Å²) in [4.78, 5) is 19.5. The summed E-state index contributed by atoms with van der Waals surface area (Å²) in [7, 11) is 0. The van der Waals surface area contributed by atoms with Crippen LogP contribution in [0.4, 0.5) is 0 Å². The zero-order valence-corrected chi connectivity index (χ0v) is 12.7. The summed E-state index contributed by atoms with van der Waals surface area (Å²) >= 11 is 0. The molecule has 1 aliphatic rings. The number of nitrogens with two attached hydrogens (primary N) is 1. The van der Waals surface area contributed by atoms with Crippen molar-refractivity contribution in [2.75, 3.05) is 6.61 Å². The first-order valence-corrected chi connectivity index (χ1v) is 7.74. The molecule has 22 heavy (non-hydrogen) atoms. The van der Waals surface area contributed by atoms with E-state index in [1.54, 1.807) is 12.4 Å². The molecule has 1 unspecified atom stereocenters. The Labute approximate surface area is 129 Å². The number of aromatic amines is 1. The Kier molecular flexibility index (Phi) is 4.24. The third kappa shape index (κ3) is 3.20. The SMILES string of the molecule is CCOC(=O)c1cc(-c2ccncc2)[nH]c1CC(N)C1CC1. The van der Waals surface area contributed by atoms with Crippen LogP contribution in [0.15, 0.2) is 30.6 Å². The van der Waals surface area contributed by atoms with E-state index in [9.17, 15) is 4.79 Å². The van der Waals surface area contributed by atoms with Gasteiger partial charge in [-0.2, -0.15) is 0 Å². The molecule has 0 spiro atoms. The first kappa shape index (κ1) is 14.8. The molecule has 1 aliphatic carbocycles. The van der Waals surface area contributed by atoms with Gasteiger partial charge in [0.2, 0.25) is 0 Å². The second-order valence-electron chi connectivity index (χ2n) is 5.74. The molecule has 0 aliphatic heterocycles. The number of rotatable bonds is 6. The second-order valence-corrected chi connectivity index (χ2v) is 5.74. The van der Waals surface area contributed by atoms with Crippen molar-refractivity contribution in [3.05, 3.63) is 41.9 Å². The van der Waals surface area contributed by atoms with Crippen LogP contribution in [0.1, 0.15) is 35.8 Å². The number of esters is 1. The number of pyridine rings is 1. The summed E-state index contributed by atoms with van der Waals surface area (Å²) in [6.45, 7) is 2.17. The number of ether oxygens (including phenoxy) is 1. The Morgan fingerprint density at radius 1 is 1.45 bits per heavy atom. The molecule has 1 atom stereocenters. The van der Waals surface area contributed by atoms with Crippen LogP contribution in [0.2, 0.25) is 0 Å². The van der Waals surface area contributed by atoms with Gasteiger partial charge in [0, 0.05) is 41.8 Å². The average Bonchev–Trinajstić information content (AvgIpc) is 3.30. The van der Waals surface area contributed by atoms with Crippen molar-refractivity contribution in [1.29, 1.82) is 0 Å². The van der Waals surface area contributed by atoms with Gasteiger partial charge < -0.3 is 15.5 Å². The number of aromatic nitrogens is 2. The average molecular weight is 299 g/mol. The highest BCUT2D eigenvalue weighted by Crippen LogP contribution is 2.33. The fraction of sp³-hybridized carbons (Fsp3) is 0.412. The molecule has 0 aromatic carbocycles. The molecule has 0 amide bonds. The molecule has 2 heterocycles. The monoisotopic (exact) mass is 299 g/mol. The van der Waals surface area contributed by atoms with Gasteiger partial charge in [0.15, 0.2) is 0 Å². The summed E-state index contributed by atoms with van der Waals surface area (Å²) in [5.74, 6) is 0.291. The highest BCUT2D eigenvalue weighted by molar-refractivity contribution is 5.92. The molecule has 0 bridgehead atoms. The summed E-state index contributed by atoms with van der Waals surface area (Å²) < 4.78 is 5.16. The van der Waals surface area contributed by atoms with E-state index in [0.717, 1.165) is 17.0 Å². The minimum atomic E-state index is -0.294. The first-order chi connectivity index (χ1) is 10.7. The number of nitrogens with zero attached hydrogens (tertiary/aromatic N) is 1. The van der Waals surface area contributed by atoms with E-state index >= 15 is 0 Å². The number of hydrogen-bond acceptors (Lipinski definition) is 4. The lowest BCUT2D eigenvalue weighted by Gasteiger charge is -2.10. The fourth-order valence-electron chi connectivity index (χ4n) is 2.66. The van der Waals surface area contributed by atoms with Gasteiger partial charge in [-0.15, -0.1) is 0 Å². The van der Waals surface area contributed by atoms with Gasteiger partial charge in [-0.25, -0.2) is 4.79 Å². The van der Waals surface area contributed by atoms with Gasteiger partial charge in [0.25, 0.3) is 0 Å². The van der Waals surface area contributed by atoms with Crippen LogP contribution < -0.4 is 5.73 Å². The van der Waals surface area contributed by atoms with Gasteiger partial charge >= 0.3 is 5.97 Å². The van der Waals surface area contributed by atoms with Crippen LogP contribution in [0.3, 0.4) is 0 Å². The zero-order valence-electron chi connectivity index (χ0n) is 12.7. The molecule has 116 valence electrons. The van der Waals surface area contributed by atoms with E-state index in [2.05, 4.69) is 9.97 Å². The fourth-order valence-corrected chi connectivity index (χ4v) is 2.66. The maximum absolute atomic E-state index is 12.2. The largest absolute Gasteiger partial charge is 0.462 e. The Bertz CT molecular complexity index is 647. The summed E-state index contributed by atoms with van der Waals surface area (Å²) in [6.07, 6.45) is 6.51. The standard InChI is InChI=1S/C17H21N3O2/c1-2-22-17(21)13-9-15(12-5-7-19-8-6-12)20-16(13)10-14(18)11-3-4-11/h5-9,11,14,20H,2-4,10,18H2,1H3. The molecule has 1 saturated carbocycles. The quantitative estimate of drug-likeness (QED) is 0.803. The molecule has 2 aromatic heterocycles. The van der Waals surface area contributed by atoms with Gasteiger partial charge in [-0.3, -0.25) is 4.98 Å². The maximum Gasteiger partial charge on any atom is 0.339 e. The summed E-state index contributed by atoms with van der Waals surface area (Å²) in [5, 5.41) is 0. The molecular formula is C17H21N3O2. The van der Waals surface area contributed by atoms with Crippen LogP contribution in [0.25, 0.3) is 11.3 Å². The normalized spacial score (nSPS) is 15.5. The Morgan fingerprint density at radius 3 is 2.82 bits per heavy atom. The smallest absolute Gasteiger partial charge is 0.339 e. The van der Waals surface area contributed by atoms with Crippen LogP contribution >= 0.6 is 0 Å². The lowest BCUT2D eigenvalue weighted by Crippen LogP contribution is -2.26. The van der Waals surface area contributed by atoms with Crippen molar-refractivity contribution >= 4 is 5.97 Å². The predicted molar refractivity (Wildman–Crippen MR) is 84.4 cm³/mol. The minimum absolute atomic E-state index is 0.0946. The lowest BCUT2D eigenvalue weighted by atomic mass is 10.0. The van der Waals surface area contributed by atoms with Crippen LogP contribution in [0, 0.1) is 5.92 Å². The Morgan fingerprint density at radius 2 is 2.18 bits per heavy atom. The van der Waals surface area contributed by atoms with E-state index in [0.29, 0.717) is 24.5 Å². The topological polar surface area (TPSA) is 81.0 Å². The van der Waals surface area contributed by atoms with E-state index < -0.39 is 0 Å². The molecule has 5 heteroatoms. The number of H-pyrrole nitrogens is 1. The molecule has 3 N–H and O–H groups in total. The van der Waals surface area contributed by atoms with E-state index in [-0.39, 0.29) is 12.0 Å². The van der Waals surface area contributed by atoms with E-state index in [1.807, 2.05) is 25.1 Å². The van der Waals surface area contributed by atoms with Crippen molar-refractivity contribution in [3.8, 4) is 11.3 Å². The van der Waals surface area contributed by atoms with Crippen LogP contribution in [0.5, 0.6) is 0 Å². The second kappa shape index (κ2) is 6.32. The molecule has 2 aromatic rings. The molecule has 3 rings (SSSR count). The molecule has 1 fully saturated rings. The zero-order chi connectivity index (χ0) is 15.5. The van der Waals surface area contributed by atoms with Crippen LogP contribution in [-0.2, 0) is 11.2 Å². The van der Waals surface area contributed by atoms with Crippen molar-refractivity contribution in [1.82, 2.24) is 9.97 Å². The first-order valence-electron chi connectivity index (χ1n) is 7.74. The number of carbonyl (C=O) groups is 1. The third-order valence-electron chi connectivity index (χ3n) is 4.05. The predicted octanol–water partition coefficient (Wildman–Crippen LogP) is 2.53. The molecule has 0 radical (unpaired) electrons. The number of carbonyl (C=O) groups excluding carboxylic acids is 1. The van der Waals surface area contributed by atoms with Gasteiger partial charge in [-0.05, 0) is 43.9 Å². The van der Waals surface area contributed by atoms with Crippen molar-refractivity contribution in [2.45, 2.75) is 32.2 Å². The molecule has 5 nitrogen and oxygen atoms in total. The maximum atomic E-state index is 12.2. The number of nitrogens with one attached hydrogen (secondary N) is 1. The number of hydrogen-bond donors (Lipinski definition) is 2. The molecular weight excluding hydrogens is 278 g/mol. The third-order valence-corrected chi connectivity index (χ3v) is 4.05. The van der Waals surface area contributed by atoms with Crippen LogP contribution in [-0.4, -0.2) is 28.6 Å². The van der Waals surface area contributed by atoms with Gasteiger partial charge in [0.1, 0.15) is 0 Å².